The minimum atomic E-state index is -0.931. The Morgan fingerprint density at radius 2 is 1.69 bits per heavy atom. The molecule has 0 saturated carbocycles. The third-order valence-electron chi connectivity index (χ3n) is 4.65. The van der Waals surface area contributed by atoms with Crippen LogP contribution in [-0.2, 0) is 14.3 Å². The topological polar surface area (TPSA) is 108 Å². The van der Waals surface area contributed by atoms with Gasteiger partial charge in [0.05, 0.1) is 0 Å². The molecule has 0 heterocycles. The number of phenolic OH excluding ortho intramolecular Hbond substituents is 1. The van der Waals surface area contributed by atoms with Gasteiger partial charge in [0.1, 0.15) is 23.4 Å². The maximum atomic E-state index is 13.5. The van der Waals surface area contributed by atoms with Gasteiger partial charge in [-0.25, -0.2) is 4.79 Å². The summed E-state index contributed by atoms with van der Waals surface area (Å²) in [5, 5.41) is 15.4. The Labute approximate surface area is 191 Å². The van der Waals surface area contributed by atoms with E-state index in [2.05, 4.69) is 10.6 Å². The number of aromatic hydroxyl groups is 1. The molecule has 1 aromatic carbocycles. The van der Waals surface area contributed by atoms with Gasteiger partial charge in [-0.1, -0.05) is 19.9 Å². The Morgan fingerprint density at radius 3 is 2.16 bits per heavy atom. The Kier molecular flexibility index (Phi) is 9.54. The summed E-state index contributed by atoms with van der Waals surface area (Å²) in [7, 11) is 1.54. The van der Waals surface area contributed by atoms with Crippen molar-refractivity contribution in [3.63, 3.8) is 0 Å². The number of carbonyl (C=O) groups excluding carboxylic acids is 3. The maximum absolute atomic E-state index is 13.5. The van der Waals surface area contributed by atoms with Crippen LogP contribution in [0.1, 0.15) is 72.1 Å². The fraction of sp³-hybridized carbons (Fsp3) is 0.625. The SMILES string of the molecule is Cc1cc(C(C(=O)NC(C)C)N(C)C(=O)C(CC(C)C)NC(=O)OC(C)(C)C)ccc1O. The normalized spacial score (nSPS) is 13.5. The molecule has 32 heavy (non-hydrogen) atoms. The van der Waals surface area contributed by atoms with Crippen molar-refractivity contribution in [3.8, 4) is 5.75 Å². The zero-order valence-electron chi connectivity index (χ0n) is 20.8. The molecule has 1 rings (SSSR count). The number of aryl methyl sites for hydroxylation is 1. The highest BCUT2D eigenvalue weighted by atomic mass is 16.6. The predicted molar refractivity (Wildman–Crippen MR) is 124 cm³/mol. The van der Waals surface area contributed by atoms with E-state index >= 15 is 0 Å². The molecule has 0 radical (unpaired) electrons. The molecule has 0 spiro atoms. The van der Waals surface area contributed by atoms with Gasteiger partial charge in [-0.2, -0.15) is 0 Å². The van der Waals surface area contributed by atoms with Gasteiger partial charge in [0.15, 0.2) is 0 Å². The number of carbonyl (C=O) groups is 3. The molecule has 0 saturated heterocycles. The summed E-state index contributed by atoms with van der Waals surface area (Å²) < 4.78 is 5.33. The van der Waals surface area contributed by atoms with Crippen LogP contribution in [0.4, 0.5) is 4.79 Å². The second kappa shape index (κ2) is 11.2. The first kappa shape index (κ1) is 27.3. The Hall–Kier alpha value is -2.77. The number of hydrogen-bond donors (Lipinski definition) is 3. The largest absolute Gasteiger partial charge is 0.508 e. The zero-order valence-corrected chi connectivity index (χ0v) is 20.8. The average molecular weight is 450 g/mol. The van der Waals surface area contributed by atoms with E-state index in [1.807, 2.05) is 27.7 Å². The molecule has 0 aromatic heterocycles. The highest BCUT2D eigenvalue weighted by molar-refractivity contribution is 5.92. The van der Waals surface area contributed by atoms with Crippen LogP contribution < -0.4 is 10.6 Å². The van der Waals surface area contributed by atoms with E-state index in [4.69, 9.17) is 4.74 Å². The Balaban J connectivity index is 3.28. The predicted octanol–water partition coefficient (Wildman–Crippen LogP) is 3.66. The lowest BCUT2D eigenvalue weighted by molar-refractivity contribution is -0.141. The van der Waals surface area contributed by atoms with Crippen LogP contribution >= 0.6 is 0 Å². The Bertz CT molecular complexity index is 814. The summed E-state index contributed by atoms with van der Waals surface area (Å²) in [6, 6.07) is 2.89. The van der Waals surface area contributed by atoms with Crippen molar-refractivity contribution in [2.45, 2.75) is 85.5 Å². The van der Waals surface area contributed by atoms with E-state index in [0.717, 1.165) is 0 Å². The van der Waals surface area contributed by atoms with Gasteiger partial charge < -0.3 is 25.4 Å². The number of nitrogens with zero attached hydrogens (tertiary/aromatic N) is 1. The number of rotatable bonds is 8. The minimum absolute atomic E-state index is 0.107. The number of likely N-dealkylation sites (N-methyl/N-ethyl adjacent to an activating group) is 1. The van der Waals surface area contributed by atoms with Gasteiger partial charge in [-0.05, 0) is 77.1 Å². The van der Waals surface area contributed by atoms with Crippen molar-refractivity contribution < 1.29 is 24.2 Å². The third-order valence-corrected chi connectivity index (χ3v) is 4.65. The van der Waals surface area contributed by atoms with E-state index in [1.165, 1.54) is 11.0 Å². The van der Waals surface area contributed by atoms with Crippen LogP contribution in [0.15, 0.2) is 18.2 Å². The summed E-state index contributed by atoms with van der Waals surface area (Å²) in [5.74, 6) is -0.526. The first-order chi connectivity index (χ1) is 14.6. The van der Waals surface area contributed by atoms with Gasteiger partial charge in [-0.15, -0.1) is 0 Å². The quantitative estimate of drug-likeness (QED) is 0.561. The molecule has 8 nitrogen and oxygen atoms in total. The molecule has 0 bridgehead atoms. The number of hydrogen-bond acceptors (Lipinski definition) is 5. The molecular formula is C24H39N3O5. The summed E-state index contributed by atoms with van der Waals surface area (Å²) in [6.45, 7) is 14.5. The van der Waals surface area contributed by atoms with E-state index in [1.54, 1.807) is 46.9 Å². The van der Waals surface area contributed by atoms with Gasteiger partial charge in [0, 0.05) is 13.1 Å². The second-order valence-corrected chi connectivity index (χ2v) is 9.89. The van der Waals surface area contributed by atoms with Gasteiger partial charge in [-0.3, -0.25) is 9.59 Å². The summed E-state index contributed by atoms with van der Waals surface area (Å²) in [4.78, 5) is 40.2. The smallest absolute Gasteiger partial charge is 0.408 e. The highest BCUT2D eigenvalue weighted by Gasteiger charge is 2.34. The van der Waals surface area contributed by atoms with E-state index in [0.29, 0.717) is 17.5 Å². The van der Waals surface area contributed by atoms with Crippen molar-refractivity contribution in [1.82, 2.24) is 15.5 Å². The molecule has 8 heteroatoms. The van der Waals surface area contributed by atoms with Crippen molar-refractivity contribution in [2.75, 3.05) is 7.05 Å². The molecule has 0 aliphatic rings. The van der Waals surface area contributed by atoms with Crippen molar-refractivity contribution in [3.05, 3.63) is 29.3 Å². The minimum Gasteiger partial charge on any atom is -0.508 e. The molecule has 0 fully saturated rings. The maximum Gasteiger partial charge on any atom is 0.408 e. The van der Waals surface area contributed by atoms with Crippen LogP contribution in [0.25, 0.3) is 0 Å². The number of alkyl carbamates (subject to hydrolysis) is 1. The van der Waals surface area contributed by atoms with E-state index in [9.17, 15) is 19.5 Å². The van der Waals surface area contributed by atoms with Crippen LogP contribution in [0.3, 0.4) is 0 Å². The van der Waals surface area contributed by atoms with Gasteiger partial charge in [0.25, 0.3) is 0 Å². The van der Waals surface area contributed by atoms with Gasteiger partial charge >= 0.3 is 6.09 Å². The van der Waals surface area contributed by atoms with Gasteiger partial charge in [0.2, 0.25) is 11.8 Å². The lowest BCUT2D eigenvalue weighted by Crippen LogP contribution is -2.52. The van der Waals surface area contributed by atoms with Crippen LogP contribution in [0, 0.1) is 12.8 Å². The fourth-order valence-electron chi connectivity index (χ4n) is 3.28. The second-order valence-electron chi connectivity index (χ2n) is 9.89. The molecule has 2 unspecified atom stereocenters. The third kappa shape index (κ3) is 8.40. The lowest BCUT2D eigenvalue weighted by atomic mass is 9.98. The Morgan fingerprint density at radius 1 is 1.09 bits per heavy atom. The summed E-state index contributed by atoms with van der Waals surface area (Å²) in [6.07, 6.45) is -0.302. The van der Waals surface area contributed by atoms with E-state index in [-0.39, 0.29) is 23.6 Å². The number of nitrogens with one attached hydrogen (secondary N) is 2. The number of phenols is 1. The average Bonchev–Trinajstić information content (AvgIpc) is 2.61. The summed E-state index contributed by atoms with van der Waals surface area (Å²) >= 11 is 0. The highest BCUT2D eigenvalue weighted by Crippen LogP contribution is 2.26. The molecule has 0 aliphatic heterocycles. The molecule has 2 atom stereocenters. The van der Waals surface area contributed by atoms with E-state index < -0.39 is 29.7 Å². The lowest BCUT2D eigenvalue weighted by Gasteiger charge is -2.32. The van der Waals surface area contributed by atoms with Crippen molar-refractivity contribution >= 4 is 17.9 Å². The summed E-state index contributed by atoms with van der Waals surface area (Å²) in [5.41, 5.74) is 0.455. The molecule has 0 aliphatic carbocycles. The number of ether oxygens (including phenoxy) is 1. The molecule has 180 valence electrons. The number of amides is 3. The number of benzene rings is 1. The monoisotopic (exact) mass is 449 g/mol. The zero-order chi connectivity index (χ0) is 24.8. The van der Waals surface area contributed by atoms with Crippen molar-refractivity contribution in [2.24, 2.45) is 5.92 Å². The first-order valence-electron chi connectivity index (χ1n) is 11.0. The van der Waals surface area contributed by atoms with Crippen molar-refractivity contribution in [1.29, 1.82) is 0 Å². The molecule has 3 amide bonds. The molecular weight excluding hydrogens is 410 g/mol. The standard InChI is InChI=1S/C24H39N3O5/c1-14(2)12-18(26-23(31)32-24(6,7)8)22(30)27(9)20(21(29)25-15(3)4)17-10-11-19(28)16(5)13-17/h10-11,13-15,18,20,28H,12H2,1-9H3,(H,25,29)(H,26,31). The molecule has 3 N–H and O–H groups in total. The van der Waals surface area contributed by atoms with Crippen LogP contribution in [-0.4, -0.2) is 52.6 Å². The fourth-order valence-corrected chi connectivity index (χ4v) is 3.28. The molecule has 1 aromatic rings. The first-order valence-corrected chi connectivity index (χ1v) is 11.0. The van der Waals surface area contributed by atoms with Crippen LogP contribution in [0.2, 0.25) is 0 Å². The van der Waals surface area contributed by atoms with Crippen LogP contribution in [0.5, 0.6) is 5.75 Å².